The maximum Gasteiger partial charge on any atom is 0.159 e. The highest BCUT2D eigenvalue weighted by atomic mass is 16.4. The molecule has 162 valence electrons. The molecule has 0 bridgehead atoms. The maximum atomic E-state index is 12.1. The largest absolute Gasteiger partial charge is 0.545 e. The van der Waals surface area contributed by atoms with E-state index in [1.807, 2.05) is 62.3 Å². The molecule has 2 aromatic carbocycles. The molecular weight excluding hydrogens is 404 g/mol. The van der Waals surface area contributed by atoms with Crippen LogP contribution in [0.5, 0.6) is 0 Å². The van der Waals surface area contributed by atoms with Gasteiger partial charge in [-0.2, -0.15) is 0 Å². The molecule has 0 radical (unpaired) electrons. The molecular formula is C26H23N2O4-. The van der Waals surface area contributed by atoms with Gasteiger partial charge in [-0.1, -0.05) is 12.1 Å². The highest BCUT2D eigenvalue weighted by Gasteiger charge is 2.20. The third-order valence-electron chi connectivity index (χ3n) is 5.46. The molecule has 1 heterocycles. The zero-order valence-corrected chi connectivity index (χ0v) is 18.4. The Labute approximate surface area is 185 Å². The standard InChI is InChI=1S/C26H24N2O4/c1-5-27-17-7-10-20-23(13-17)32-24-14-18(28(3)4)8-11-21(24)25(20)19-9-6-16(15(2)29)12-22(19)26(30)31/h6-14H,5H2,1-4H3,(H,30,31)/p-1. The molecule has 2 aromatic rings. The Hall–Kier alpha value is -3.93. The third kappa shape index (κ3) is 3.75. The van der Waals surface area contributed by atoms with Crippen LogP contribution in [0.2, 0.25) is 0 Å². The van der Waals surface area contributed by atoms with Crippen molar-refractivity contribution in [2.75, 3.05) is 25.5 Å². The van der Waals surface area contributed by atoms with E-state index in [0.29, 0.717) is 34.6 Å². The number of carboxylic acids is 1. The molecule has 0 spiro atoms. The molecule has 0 unspecified atom stereocenters. The first-order valence-electron chi connectivity index (χ1n) is 10.3. The van der Waals surface area contributed by atoms with Crippen LogP contribution in [0.3, 0.4) is 0 Å². The van der Waals surface area contributed by atoms with E-state index in [-0.39, 0.29) is 11.3 Å². The van der Waals surface area contributed by atoms with Gasteiger partial charge in [0.05, 0.1) is 11.3 Å². The number of rotatable bonds is 5. The van der Waals surface area contributed by atoms with Crippen LogP contribution < -0.4 is 15.4 Å². The average Bonchev–Trinajstić information content (AvgIpc) is 2.76. The van der Waals surface area contributed by atoms with E-state index in [0.717, 1.165) is 22.0 Å². The molecule has 4 rings (SSSR count). The number of benzene rings is 3. The quantitative estimate of drug-likeness (QED) is 0.358. The maximum absolute atomic E-state index is 12.1. The summed E-state index contributed by atoms with van der Waals surface area (Å²) in [6, 6.07) is 16.1. The van der Waals surface area contributed by atoms with E-state index < -0.39 is 5.97 Å². The Morgan fingerprint density at radius 3 is 2.41 bits per heavy atom. The van der Waals surface area contributed by atoms with E-state index in [4.69, 9.17) is 4.42 Å². The van der Waals surface area contributed by atoms with Crippen molar-refractivity contribution >= 4 is 28.4 Å². The predicted molar refractivity (Wildman–Crippen MR) is 123 cm³/mol. The number of nitrogens with zero attached hydrogens (tertiary/aromatic N) is 2. The van der Waals surface area contributed by atoms with E-state index in [1.165, 1.54) is 13.0 Å². The predicted octanol–water partition coefficient (Wildman–Crippen LogP) is 3.76. The summed E-state index contributed by atoms with van der Waals surface area (Å²) in [5, 5.41) is 13.6. The van der Waals surface area contributed by atoms with Gasteiger partial charge < -0.3 is 19.2 Å². The molecule has 2 aliphatic rings. The first-order chi connectivity index (χ1) is 15.3. The van der Waals surface area contributed by atoms with Gasteiger partial charge in [0.15, 0.2) is 5.78 Å². The Balaban J connectivity index is 2.14. The second kappa shape index (κ2) is 8.30. The van der Waals surface area contributed by atoms with Crippen molar-refractivity contribution < 1.29 is 19.1 Å². The van der Waals surface area contributed by atoms with Crippen LogP contribution in [0.25, 0.3) is 33.4 Å². The van der Waals surface area contributed by atoms with Gasteiger partial charge in [-0.05, 0) is 49.7 Å². The minimum atomic E-state index is -1.34. The van der Waals surface area contributed by atoms with Crippen LogP contribution in [0, 0.1) is 0 Å². The molecule has 1 aliphatic carbocycles. The Kier molecular flexibility index (Phi) is 5.53. The van der Waals surface area contributed by atoms with Crippen molar-refractivity contribution in [1.82, 2.24) is 0 Å². The Morgan fingerprint density at radius 1 is 1.00 bits per heavy atom. The minimum absolute atomic E-state index is 0.0366. The summed E-state index contributed by atoms with van der Waals surface area (Å²) >= 11 is 0. The number of carbonyl (C=O) groups excluding carboxylic acids is 2. The third-order valence-corrected chi connectivity index (χ3v) is 5.46. The van der Waals surface area contributed by atoms with E-state index >= 15 is 0 Å². The lowest BCUT2D eigenvalue weighted by Crippen LogP contribution is -2.23. The van der Waals surface area contributed by atoms with Crippen molar-refractivity contribution in [3.63, 3.8) is 0 Å². The minimum Gasteiger partial charge on any atom is -0.545 e. The van der Waals surface area contributed by atoms with Gasteiger partial charge >= 0.3 is 0 Å². The first kappa shape index (κ1) is 21.3. The van der Waals surface area contributed by atoms with Crippen molar-refractivity contribution in [1.29, 1.82) is 0 Å². The van der Waals surface area contributed by atoms with Crippen molar-refractivity contribution in [3.05, 3.63) is 71.1 Å². The fraction of sp³-hybridized carbons (Fsp3) is 0.192. The van der Waals surface area contributed by atoms with Crippen LogP contribution in [-0.2, 0) is 0 Å². The highest BCUT2D eigenvalue weighted by Crippen LogP contribution is 2.42. The number of carbonyl (C=O) groups is 2. The smallest absolute Gasteiger partial charge is 0.159 e. The molecule has 32 heavy (non-hydrogen) atoms. The molecule has 0 fully saturated rings. The zero-order valence-electron chi connectivity index (χ0n) is 18.4. The van der Waals surface area contributed by atoms with Crippen LogP contribution in [0.1, 0.15) is 34.6 Å². The number of Topliss-reactive ketones (excluding diaryl/α,β-unsaturated/α-hetero) is 1. The molecule has 6 nitrogen and oxygen atoms in total. The lowest BCUT2D eigenvalue weighted by molar-refractivity contribution is -0.254. The summed E-state index contributed by atoms with van der Waals surface area (Å²) < 4.78 is 6.24. The SMILES string of the molecule is CCN=c1ccc2c(-c3ccc(C(C)=O)cc3C(=O)[O-])c3ccc(N(C)C)cc3oc-2c1. The zero-order chi connectivity index (χ0) is 23.0. The normalized spacial score (nSPS) is 11.8. The number of aromatic carboxylic acids is 1. The summed E-state index contributed by atoms with van der Waals surface area (Å²) in [7, 11) is 3.88. The summed E-state index contributed by atoms with van der Waals surface area (Å²) in [5.41, 5.74) is 3.79. The number of anilines is 1. The number of carboxylic acid groups (broad SMARTS) is 1. The number of hydrogen-bond acceptors (Lipinski definition) is 6. The Morgan fingerprint density at radius 2 is 1.75 bits per heavy atom. The van der Waals surface area contributed by atoms with E-state index in [1.54, 1.807) is 12.1 Å². The number of fused-ring (bicyclic) bond motifs is 2. The molecule has 0 saturated heterocycles. The van der Waals surface area contributed by atoms with Crippen LogP contribution in [0.15, 0.2) is 64.0 Å². The topological polar surface area (TPSA) is 85.9 Å². The molecule has 0 aromatic heterocycles. The summed E-state index contributed by atoms with van der Waals surface area (Å²) in [6.07, 6.45) is 0. The van der Waals surface area contributed by atoms with Crippen LogP contribution in [0.4, 0.5) is 5.69 Å². The van der Waals surface area contributed by atoms with Gasteiger partial charge in [0, 0.05) is 66.1 Å². The summed E-state index contributed by atoms with van der Waals surface area (Å²) in [5.74, 6) is -0.955. The number of hydrogen-bond donors (Lipinski definition) is 0. The van der Waals surface area contributed by atoms with Gasteiger partial charge in [-0.15, -0.1) is 0 Å². The molecule has 6 heteroatoms. The fourth-order valence-electron chi connectivity index (χ4n) is 3.87. The van der Waals surface area contributed by atoms with Gasteiger partial charge in [-0.25, -0.2) is 0 Å². The van der Waals surface area contributed by atoms with Gasteiger partial charge in [0.25, 0.3) is 0 Å². The molecule has 0 saturated carbocycles. The Bertz CT molecular complexity index is 1400. The van der Waals surface area contributed by atoms with E-state index in [2.05, 4.69) is 4.99 Å². The van der Waals surface area contributed by atoms with Gasteiger partial charge in [-0.3, -0.25) is 9.79 Å². The molecule has 0 N–H and O–H groups in total. The lowest BCUT2D eigenvalue weighted by atomic mass is 9.89. The average molecular weight is 427 g/mol. The van der Waals surface area contributed by atoms with Crippen molar-refractivity contribution in [2.24, 2.45) is 4.99 Å². The molecule has 0 amide bonds. The second-order valence-electron chi connectivity index (χ2n) is 7.81. The fourth-order valence-corrected chi connectivity index (χ4v) is 3.87. The first-order valence-corrected chi connectivity index (χ1v) is 10.3. The van der Waals surface area contributed by atoms with Crippen molar-refractivity contribution in [3.8, 4) is 22.5 Å². The van der Waals surface area contributed by atoms with Crippen LogP contribution in [-0.4, -0.2) is 32.4 Å². The van der Waals surface area contributed by atoms with E-state index in [9.17, 15) is 14.7 Å². The van der Waals surface area contributed by atoms with Gasteiger partial charge in [0.1, 0.15) is 11.3 Å². The van der Waals surface area contributed by atoms with Gasteiger partial charge in [0.2, 0.25) is 0 Å². The van der Waals surface area contributed by atoms with Crippen molar-refractivity contribution in [2.45, 2.75) is 13.8 Å². The highest BCUT2D eigenvalue weighted by molar-refractivity contribution is 6.08. The van der Waals surface area contributed by atoms with Crippen LogP contribution >= 0.6 is 0 Å². The molecule has 0 atom stereocenters. The summed E-state index contributed by atoms with van der Waals surface area (Å²) in [6.45, 7) is 4.00. The number of ketones is 1. The lowest BCUT2D eigenvalue weighted by Gasteiger charge is -2.20. The monoisotopic (exact) mass is 427 g/mol. The molecule has 1 aliphatic heterocycles. The summed E-state index contributed by atoms with van der Waals surface area (Å²) in [4.78, 5) is 30.3. The second-order valence-corrected chi connectivity index (χ2v) is 7.81.